The Morgan fingerprint density at radius 3 is 2.61 bits per heavy atom. The number of carbonyl (C=O) groups is 1. The van der Waals surface area contributed by atoms with Crippen LogP contribution in [-0.2, 0) is 14.8 Å². The van der Waals surface area contributed by atoms with Gasteiger partial charge in [-0.25, -0.2) is 8.42 Å². The molecular formula is C14H15ClN2O3S3. The Hall–Kier alpha value is -1.06. The predicted octanol–water partition coefficient (Wildman–Crippen LogP) is 3.38. The van der Waals surface area contributed by atoms with Gasteiger partial charge in [0.2, 0.25) is 5.91 Å². The number of halogens is 1. The smallest absolute Gasteiger partial charge is 0.252 e. The number of anilines is 1. The normalized spacial score (nSPS) is 11.7. The highest BCUT2D eigenvalue weighted by Crippen LogP contribution is 2.28. The predicted molar refractivity (Wildman–Crippen MR) is 96.0 cm³/mol. The van der Waals surface area contributed by atoms with Crippen LogP contribution in [0.3, 0.4) is 0 Å². The molecule has 0 saturated carbocycles. The summed E-state index contributed by atoms with van der Waals surface area (Å²) in [6.45, 7) is -0.277. The molecule has 5 nitrogen and oxygen atoms in total. The molecule has 0 radical (unpaired) electrons. The average molecular weight is 391 g/mol. The first-order chi connectivity index (χ1) is 10.8. The second kappa shape index (κ2) is 7.67. The largest absolute Gasteiger partial charge is 0.324 e. The van der Waals surface area contributed by atoms with E-state index in [0.717, 1.165) is 20.5 Å². The molecule has 23 heavy (non-hydrogen) atoms. The molecule has 1 amide bonds. The summed E-state index contributed by atoms with van der Waals surface area (Å²) in [5.41, 5.74) is 0.662. The number of nitrogens with zero attached hydrogens (tertiary/aromatic N) is 1. The van der Waals surface area contributed by atoms with Crippen molar-refractivity contribution in [3.63, 3.8) is 0 Å². The highest BCUT2D eigenvalue weighted by molar-refractivity contribution is 7.98. The zero-order valence-corrected chi connectivity index (χ0v) is 15.7. The van der Waals surface area contributed by atoms with Gasteiger partial charge in [-0.2, -0.15) is 4.31 Å². The van der Waals surface area contributed by atoms with Crippen LogP contribution in [-0.4, -0.2) is 38.5 Å². The molecule has 0 aliphatic rings. The molecule has 0 spiro atoms. The summed E-state index contributed by atoms with van der Waals surface area (Å²) < 4.78 is 26.2. The molecule has 9 heteroatoms. The summed E-state index contributed by atoms with van der Waals surface area (Å²) in [6, 6.07) is 10.3. The van der Waals surface area contributed by atoms with Crippen LogP contribution in [0.5, 0.6) is 0 Å². The van der Waals surface area contributed by atoms with E-state index < -0.39 is 15.9 Å². The zero-order valence-electron chi connectivity index (χ0n) is 12.4. The number of thioether (sulfide) groups is 1. The van der Waals surface area contributed by atoms with Gasteiger partial charge in [0, 0.05) is 11.9 Å². The lowest BCUT2D eigenvalue weighted by molar-refractivity contribution is -0.116. The number of para-hydroxylation sites is 1. The topological polar surface area (TPSA) is 66.5 Å². The molecule has 1 heterocycles. The molecule has 0 saturated heterocycles. The maximum Gasteiger partial charge on any atom is 0.252 e. The Morgan fingerprint density at radius 2 is 2.00 bits per heavy atom. The lowest BCUT2D eigenvalue weighted by Crippen LogP contribution is -2.34. The van der Waals surface area contributed by atoms with Crippen LogP contribution in [0.1, 0.15) is 0 Å². The summed E-state index contributed by atoms with van der Waals surface area (Å²) >= 11 is 8.23. The van der Waals surface area contributed by atoms with Crippen LogP contribution < -0.4 is 5.32 Å². The first-order valence-corrected chi connectivity index (χ1v) is 10.3. The van der Waals surface area contributed by atoms with E-state index in [-0.39, 0.29) is 10.8 Å². The fourth-order valence-electron chi connectivity index (χ4n) is 1.81. The summed E-state index contributed by atoms with van der Waals surface area (Å²) in [7, 11) is -2.36. The number of carbonyl (C=O) groups excluding carboxylic acids is 1. The minimum atomic E-state index is -3.72. The molecule has 1 aromatic heterocycles. The molecule has 0 aliphatic heterocycles. The van der Waals surface area contributed by atoms with Crippen molar-refractivity contribution in [1.82, 2.24) is 4.31 Å². The molecule has 0 atom stereocenters. The molecule has 1 aromatic carbocycles. The molecule has 0 unspecified atom stereocenters. The summed E-state index contributed by atoms with van der Waals surface area (Å²) in [5, 5.41) is 2.73. The first-order valence-electron chi connectivity index (χ1n) is 6.49. The number of amides is 1. The van der Waals surface area contributed by atoms with E-state index >= 15 is 0 Å². The molecule has 0 fully saturated rings. The highest BCUT2D eigenvalue weighted by atomic mass is 35.5. The van der Waals surface area contributed by atoms with Gasteiger partial charge in [0.1, 0.15) is 4.21 Å². The number of likely N-dealkylation sites (N-methyl/N-ethyl adjacent to an activating group) is 1. The van der Waals surface area contributed by atoms with E-state index in [9.17, 15) is 13.2 Å². The first kappa shape index (κ1) is 18.3. The summed E-state index contributed by atoms with van der Waals surface area (Å²) in [6.07, 6.45) is 1.90. The van der Waals surface area contributed by atoms with Gasteiger partial charge in [-0.05, 0) is 30.5 Å². The van der Waals surface area contributed by atoms with Gasteiger partial charge in [-0.3, -0.25) is 4.79 Å². The number of hydrogen-bond acceptors (Lipinski definition) is 5. The maximum absolute atomic E-state index is 12.4. The minimum absolute atomic E-state index is 0.113. The zero-order chi connectivity index (χ0) is 17.0. The number of sulfonamides is 1. The number of nitrogens with one attached hydrogen (secondary N) is 1. The van der Waals surface area contributed by atoms with Crippen molar-refractivity contribution >= 4 is 56.3 Å². The molecular weight excluding hydrogens is 376 g/mol. The third kappa shape index (κ3) is 4.48. The van der Waals surface area contributed by atoms with E-state index in [4.69, 9.17) is 11.6 Å². The summed E-state index contributed by atoms with van der Waals surface area (Å²) in [5.74, 6) is -0.403. The fraction of sp³-hybridized carbons (Fsp3) is 0.214. The molecule has 2 rings (SSSR count). The molecule has 2 aromatic rings. The van der Waals surface area contributed by atoms with Crippen molar-refractivity contribution in [1.29, 1.82) is 0 Å². The van der Waals surface area contributed by atoms with E-state index in [2.05, 4.69) is 5.32 Å². The Morgan fingerprint density at radius 1 is 1.30 bits per heavy atom. The number of benzene rings is 1. The van der Waals surface area contributed by atoms with Crippen molar-refractivity contribution in [2.45, 2.75) is 9.10 Å². The average Bonchev–Trinajstić information content (AvgIpc) is 2.95. The Bertz CT molecular complexity index is 805. The van der Waals surface area contributed by atoms with E-state index in [1.54, 1.807) is 6.07 Å². The molecule has 124 valence electrons. The highest BCUT2D eigenvalue weighted by Gasteiger charge is 2.24. The van der Waals surface area contributed by atoms with E-state index in [1.165, 1.54) is 30.9 Å². The van der Waals surface area contributed by atoms with Gasteiger partial charge in [-0.15, -0.1) is 23.1 Å². The Labute approximate surface area is 148 Å². The van der Waals surface area contributed by atoms with Crippen LogP contribution in [0.25, 0.3) is 0 Å². The Kier molecular flexibility index (Phi) is 6.10. The lowest BCUT2D eigenvalue weighted by Gasteiger charge is -2.16. The SMILES string of the molecule is CSc1ccccc1NC(=O)CN(C)S(=O)(=O)c1ccc(Cl)s1. The standard InChI is InChI=1S/C14H15ClN2O3S3/c1-17(23(19,20)14-8-7-12(15)22-14)9-13(18)16-10-5-3-4-6-11(10)21-2/h3-8H,9H2,1-2H3,(H,16,18). The van der Waals surface area contributed by atoms with Crippen molar-refractivity contribution in [2.75, 3.05) is 25.2 Å². The van der Waals surface area contributed by atoms with Crippen LogP contribution in [0.2, 0.25) is 4.34 Å². The van der Waals surface area contributed by atoms with Crippen LogP contribution in [0, 0.1) is 0 Å². The van der Waals surface area contributed by atoms with Crippen molar-refractivity contribution < 1.29 is 13.2 Å². The van der Waals surface area contributed by atoms with E-state index in [1.807, 2.05) is 24.5 Å². The second-order valence-corrected chi connectivity index (χ2v) is 9.40. The van der Waals surface area contributed by atoms with Crippen LogP contribution in [0.15, 0.2) is 45.5 Å². The van der Waals surface area contributed by atoms with E-state index in [0.29, 0.717) is 10.0 Å². The second-order valence-electron chi connectivity index (χ2n) is 4.57. The van der Waals surface area contributed by atoms with Crippen molar-refractivity contribution in [2.24, 2.45) is 0 Å². The maximum atomic E-state index is 12.4. The number of hydrogen-bond donors (Lipinski definition) is 1. The molecule has 0 aliphatic carbocycles. The van der Waals surface area contributed by atoms with Gasteiger partial charge in [-0.1, -0.05) is 23.7 Å². The third-order valence-corrected chi connectivity index (χ3v) is 7.26. The third-order valence-electron chi connectivity index (χ3n) is 2.96. The van der Waals surface area contributed by atoms with Crippen molar-refractivity contribution in [3.8, 4) is 0 Å². The van der Waals surface area contributed by atoms with Gasteiger partial charge >= 0.3 is 0 Å². The monoisotopic (exact) mass is 390 g/mol. The van der Waals surface area contributed by atoms with Gasteiger partial charge in [0.15, 0.2) is 0 Å². The van der Waals surface area contributed by atoms with Gasteiger partial charge in [0.05, 0.1) is 16.6 Å². The number of thiophene rings is 1. The minimum Gasteiger partial charge on any atom is -0.324 e. The van der Waals surface area contributed by atoms with Crippen LogP contribution >= 0.6 is 34.7 Å². The van der Waals surface area contributed by atoms with Crippen molar-refractivity contribution in [3.05, 3.63) is 40.7 Å². The quantitative estimate of drug-likeness (QED) is 0.768. The van der Waals surface area contributed by atoms with Gasteiger partial charge < -0.3 is 5.32 Å². The lowest BCUT2D eigenvalue weighted by atomic mass is 10.3. The Balaban J connectivity index is 2.08. The summed E-state index contributed by atoms with van der Waals surface area (Å²) in [4.78, 5) is 13.0. The molecule has 1 N–H and O–H groups in total. The number of rotatable bonds is 6. The van der Waals surface area contributed by atoms with Gasteiger partial charge in [0.25, 0.3) is 10.0 Å². The molecule has 0 bridgehead atoms. The van der Waals surface area contributed by atoms with Crippen LogP contribution in [0.4, 0.5) is 5.69 Å². The fourth-order valence-corrected chi connectivity index (χ4v) is 5.19.